The summed E-state index contributed by atoms with van der Waals surface area (Å²) in [6.07, 6.45) is 0. The van der Waals surface area contributed by atoms with Crippen molar-refractivity contribution in [3.8, 4) is 44.5 Å². The van der Waals surface area contributed by atoms with Crippen LogP contribution in [-0.2, 0) is 10.8 Å². The van der Waals surface area contributed by atoms with Gasteiger partial charge in [-0.1, -0.05) is 172 Å². The first-order valence-corrected chi connectivity index (χ1v) is 23.3. The molecule has 0 unspecified atom stereocenters. The fraction of sp³-hybridized carbons (Fsp3) is 0.0625. The Morgan fingerprint density at radius 3 is 1.58 bits per heavy atom. The van der Waals surface area contributed by atoms with Crippen LogP contribution in [0.3, 0.4) is 0 Å². The highest BCUT2D eigenvalue weighted by Gasteiger charge is 2.51. The minimum absolute atomic E-state index is 0.150. The van der Waals surface area contributed by atoms with Gasteiger partial charge in [0.25, 0.3) is 0 Å². The van der Waals surface area contributed by atoms with Crippen molar-refractivity contribution in [3.05, 3.63) is 246 Å². The van der Waals surface area contributed by atoms with Gasteiger partial charge in [0, 0.05) is 38.3 Å². The summed E-state index contributed by atoms with van der Waals surface area (Å²) in [4.78, 5) is 2.41. The number of nitrogens with zero attached hydrogens (tertiary/aromatic N) is 1. The van der Waals surface area contributed by atoms with E-state index in [4.69, 9.17) is 8.83 Å². The van der Waals surface area contributed by atoms with Crippen molar-refractivity contribution in [2.45, 2.75) is 24.7 Å². The highest BCUT2D eigenvalue weighted by molar-refractivity contribution is 6.29. The molecular weight excluding hydrogens is 815 g/mol. The van der Waals surface area contributed by atoms with Crippen LogP contribution in [0.15, 0.2) is 221 Å². The van der Waals surface area contributed by atoms with E-state index in [-0.39, 0.29) is 5.41 Å². The molecule has 3 heteroatoms. The van der Waals surface area contributed by atoms with E-state index >= 15 is 0 Å². The molecule has 2 heterocycles. The maximum Gasteiger partial charge on any atom is 0.160 e. The van der Waals surface area contributed by atoms with Crippen LogP contribution < -0.4 is 4.90 Å². The Morgan fingerprint density at radius 2 is 0.881 bits per heavy atom. The van der Waals surface area contributed by atoms with Gasteiger partial charge in [-0.25, -0.2) is 0 Å². The van der Waals surface area contributed by atoms with E-state index in [0.717, 1.165) is 72.1 Å². The molecule has 314 valence electrons. The average molecular weight is 856 g/mol. The van der Waals surface area contributed by atoms with Gasteiger partial charge < -0.3 is 13.7 Å². The van der Waals surface area contributed by atoms with Crippen LogP contribution in [0.4, 0.5) is 17.1 Å². The van der Waals surface area contributed by atoms with Gasteiger partial charge in [-0.2, -0.15) is 0 Å². The molecule has 0 amide bonds. The summed E-state index contributed by atoms with van der Waals surface area (Å²) in [5.41, 5.74) is 23.8. The highest BCUT2D eigenvalue weighted by Crippen LogP contribution is 2.63. The molecule has 67 heavy (non-hydrogen) atoms. The number of benzene rings is 10. The Hall–Kier alpha value is -8.40. The molecule has 15 rings (SSSR count). The summed E-state index contributed by atoms with van der Waals surface area (Å²) < 4.78 is 13.9. The first kappa shape index (κ1) is 36.9. The van der Waals surface area contributed by atoms with Crippen molar-refractivity contribution >= 4 is 60.9 Å². The molecule has 10 aromatic carbocycles. The van der Waals surface area contributed by atoms with Crippen molar-refractivity contribution in [3.63, 3.8) is 0 Å². The number of furan rings is 2. The number of hydrogen-bond donors (Lipinski definition) is 0. The van der Waals surface area contributed by atoms with Gasteiger partial charge in [-0.3, -0.25) is 0 Å². The third kappa shape index (κ3) is 4.70. The van der Waals surface area contributed by atoms with Crippen LogP contribution in [-0.4, -0.2) is 0 Å². The Bertz CT molecular complexity index is 4030. The zero-order valence-corrected chi connectivity index (χ0v) is 37.0. The van der Waals surface area contributed by atoms with E-state index < -0.39 is 5.41 Å². The molecular formula is C64H41NO2. The fourth-order valence-corrected chi connectivity index (χ4v) is 12.7. The van der Waals surface area contributed by atoms with Crippen LogP contribution >= 0.6 is 0 Å². The summed E-state index contributed by atoms with van der Waals surface area (Å²) in [7, 11) is 0. The van der Waals surface area contributed by atoms with Gasteiger partial charge in [0.2, 0.25) is 0 Å². The van der Waals surface area contributed by atoms with E-state index in [0.29, 0.717) is 0 Å². The quantitative estimate of drug-likeness (QED) is 0.177. The Balaban J connectivity index is 1.02. The van der Waals surface area contributed by atoms with Crippen molar-refractivity contribution < 1.29 is 8.83 Å². The summed E-state index contributed by atoms with van der Waals surface area (Å²) in [6, 6.07) is 78.1. The smallest absolute Gasteiger partial charge is 0.160 e. The lowest BCUT2D eigenvalue weighted by Gasteiger charge is -2.32. The van der Waals surface area contributed by atoms with Gasteiger partial charge in [0.1, 0.15) is 16.7 Å². The van der Waals surface area contributed by atoms with Crippen LogP contribution in [0, 0.1) is 0 Å². The lowest BCUT2D eigenvalue weighted by atomic mass is 9.70. The second-order valence-electron chi connectivity index (χ2n) is 19.1. The third-order valence-electron chi connectivity index (χ3n) is 15.5. The van der Waals surface area contributed by atoms with E-state index in [2.05, 4.69) is 225 Å². The molecule has 3 nitrogen and oxygen atoms in total. The number of fused-ring (bicyclic) bond motifs is 20. The van der Waals surface area contributed by atoms with Gasteiger partial charge in [0.15, 0.2) is 5.58 Å². The Morgan fingerprint density at radius 1 is 0.343 bits per heavy atom. The average Bonchev–Trinajstić information content (AvgIpc) is 4.16. The molecule has 0 aliphatic heterocycles. The molecule has 3 aliphatic rings. The molecule has 0 fully saturated rings. The van der Waals surface area contributed by atoms with E-state index in [1.165, 1.54) is 66.8 Å². The molecule has 1 spiro atoms. The lowest BCUT2D eigenvalue weighted by Crippen LogP contribution is -2.26. The van der Waals surface area contributed by atoms with Gasteiger partial charge in [-0.15, -0.1) is 0 Å². The monoisotopic (exact) mass is 855 g/mol. The first-order chi connectivity index (χ1) is 33.0. The van der Waals surface area contributed by atoms with Crippen molar-refractivity contribution in [2.24, 2.45) is 0 Å². The highest BCUT2D eigenvalue weighted by atomic mass is 16.3. The Kier molecular flexibility index (Phi) is 7.22. The molecule has 0 bridgehead atoms. The number of anilines is 3. The molecule has 0 atom stereocenters. The standard InChI is InChI=1S/C64H41NO2/c1-63(2)49-23-11-6-18-42(49)46-30-28-38(36-53(46)63)41-32-33-55(62-60(41)61-58(67-62)35-34-57-59(61)48-22-10-15-27-56(48)66-57)65(39-16-4-3-5-17-39)40-29-31-47-45-21-9-14-26-52(45)64(54(47)37-40)50-24-12-7-19-43(50)44-20-8-13-25-51(44)64/h3-37H,1-2H3. The van der Waals surface area contributed by atoms with E-state index in [1.54, 1.807) is 0 Å². The topological polar surface area (TPSA) is 29.5 Å². The second kappa shape index (κ2) is 13.1. The Labute approximate surface area is 387 Å². The minimum Gasteiger partial charge on any atom is -0.456 e. The van der Waals surface area contributed by atoms with Gasteiger partial charge >= 0.3 is 0 Å². The van der Waals surface area contributed by atoms with Crippen molar-refractivity contribution in [1.82, 2.24) is 0 Å². The van der Waals surface area contributed by atoms with E-state index in [9.17, 15) is 0 Å². The SMILES string of the molecule is CC1(C)c2ccccc2-c2ccc(-c3ccc(N(c4ccccc4)c4ccc5c(c4)C4(c6ccccc6-c6ccccc64)c4ccccc4-5)c4oc5ccc6oc7ccccc7c6c5c34)cc21. The maximum absolute atomic E-state index is 7.33. The van der Waals surface area contributed by atoms with Crippen LogP contribution in [0.5, 0.6) is 0 Å². The lowest BCUT2D eigenvalue weighted by molar-refractivity contribution is 0.660. The number of hydrogen-bond acceptors (Lipinski definition) is 3. The largest absolute Gasteiger partial charge is 0.456 e. The fourth-order valence-electron chi connectivity index (χ4n) is 12.7. The van der Waals surface area contributed by atoms with Crippen molar-refractivity contribution in [2.75, 3.05) is 4.90 Å². The minimum atomic E-state index is -0.481. The predicted octanol–water partition coefficient (Wildman–Crippen LogP) is 17.3. The number of para-hydroxylation sites is 2. The third-order valence-corrected chi connectivity index (χ3v) is 15.5. The van der Waals surface area contributed by atoms with Crippen LogP contribution in [0.2, 0.25) is 0 Å². The molecule has 2 aromatic heterocycles. The summed E-state index contributed by atoms with van der Waals surface area (Å²) in [5, 5.41) is 4.28. The van der Waals surface area contributed by atoms with Gasteiger partial charge in [-0.05, 0) is 132 Å². The van der Waals surface area contributed by atoms with E-state index in [1.807, 2.05) is 6.07 Å². The molecule has 0 saturated carbocycles. The zero-order chi connectivity index (χ0) is 44.2. The zero-order valence-electron chi connectivity index (χ0n) is 37.0. The van der Waals surface area contributed by atoms with Crippen molar-refractivity contribution in [1.29, 1.82) is 0 Å². The van der Waals surface area contributed by atoms with Gasteiger partial charge in [0.05, 0.1) is 11.1 Å². The number of rotatable bonds is 4. The summed E-state index contributed by atoms with van der Waals surface area (Å²) in [5.74, 6) is 0. The molecule has 0 saturated heterocycles. The van der Waals surface area contributed by atoms with Crippen LogP contribution in [0.25, 0.3) is 88.4 Å². The predicted molar refractivity (Wildman–Crippen MR) is 275 cm³/mol. The second-order valence-corrected chi connectivity index (χ2v) is 19.1. The molecule has 3 aliphatic carbocycles. The molecule has 0 radical (unpaired) electrons. The maximum atomic E-state index is 7.33. The first-order valence-electron chi connectivity index (χ1n) is 23.3. The normalized spacial score (nSPS) is 14.4. The van der Waals surface area contributed by atoms with Crippen LogP contribution in [0.1, 0.15) is 47.2 Å². The summed E-state index contributed by atoms with van der Waals surface area (Å²) >= 11 is 0. The molecule has 0 N–H and O–H groups in total. The molecule has 12 aromatic rings. The summed E-state index contributed by atoms with van der Waals surface area (Å²) in [6.45, 7) is 4.71.